The van der Waals surface area contributed by atoms with Crippen LogP contribution in [0.2, 0.25) is 10.0 Å². The van der Waals surface area contributed by atoms with Crippen LogP contribution in [0.5, 0.6) is 11.6 Å². The highest BCUT2D eigenvalue weighted by molar-refractivity contribution is 6.42. The van der Waals surface area contributed by atoms with E-state index in [9.17, 15) is 0 Å². The second-order valence-corrected chi connectivity index (χ2v) is 5.86. The van der Waals surface area contributed by atoms with E-state index in [1.165, 1.54) is 0 Å². The van der Waals surface area contributed by atoms with Gasteiger partial charge in [-0.1, -0.05) is 35.3 Å². The Bertz CT molecular complexity index is 631. The third kappa shape index (κ3) is 3.85. The molecular formula is C16H17Cl3N2O. The summed E-state index contributed by atoms with van der Waals surface area (Å²) in [5.74, 6) is 1.62. The summed E-state index contributed by atoms with van der Waals surface area (Å²) in [5, 5.41) is 4.27. The molecule has 0 spiro atoms. The summed E-state index contributed by atoms with van der Waals surface area (Å²) in [5.41, 5.74) is 1.13. The molecule has 0 radical (unpaired) electrons. The van der Waals surface area contributed by atoms with Crippen molar-refractivity contribution >= 4 is 35.6 Å². The zero-order valence-electron chi connectivity index (χ0n) is 11.9. The van der Waals surface area contributed by atoms with Crippen LogP contribution < -0.4 is 10.1 Å². The molecule has 0 amide bonds. The van der Waals surface area contributed by atoms with E-state index in [0.29, 0.717) is 27.6 Å². The zero-order chi connectivity index (χ0) is 14.7. The van der Waals surface area contributed by atoms with Crippen LogP contribution in [-0.4, -0.2) is 18.1 Å². The van der Waals surface area contributed by atoms with Gasteiger partial charge in [-0.3, -0.25) is 0 Å². The van der Waals surface area contributed by atoms with E-state index >= 15 is 0 Å². The molecule has 3 rings (SSSR count). The first-order valence-electron chi connectivity index (χ1n) is 7.03. The molecule has 2 heterocycles. The second kappa shape index (κ2) is 8.02. The highest BCUT2D eigenvalue weighted by atomic mass is 35.5. The van der Waals surface area contributed by atoms with Gasteiger partial charge >= 0.3 is 0 Å². The summed E-state index contributed by atoms with van der Waals surface area (Å²) in [7, 11) is 0. The maximum absolute atomic E-state index is 6.19. The van der Waals surface area contributed by atoms with Crippen molar-refractivity contribution in [2.45, 2.75) is 18.8 Å². The first-order chi connectivity index (χ1) is 10.3. The third-order valence-corrected chi connectivity index (χ3v) is 4.50. The smallest absolute Gasteiger partial charge is 0.222 e. The van der Waals surface area contributed by atoms with Crippen molar-refractivity contribution < 1.29 is 4.74 Å². The highest BCUT2D eigenvalue weighted by Gasteiger charge is 2.20. The molecule has 0 unspecified atom stereocenters. The minimum absolute atomic E-state index is 0. The Labute approximate surface area is 146 Å². The maximum Gasteiger partial charge on any atom is 0.222 e. The van der Waals surface area contributed by atoms with Crippen LogP contribution in [0.25, 0.3) is 0 Å². The summed E-state index contributed by atoms with van der Waals surface area (Å²) in [6.45, 7) is 2.05. The van der Waals surface area contributed by atoms with Crippen molar-refractivity contribution in [1.29, 1.82) is 0 Å². The van der Waals surface area contributed by atoms with Gasteiger partial charge in [0.2, 0.25) is 5.88 Å². The number of ether oxygens (including phenoxy) is 1. The number of aromatic nitrogens is 1. The van der Waals surface area contributed by atoms with Gasteiger partial charge in [0.1, 0.15) is 10.8 Å². The van der Waals surface area contributed by atoms with E-state index in [2.05, 4.69) is 16.4 Å². The van der Waals surface area contributed by atoms with Crippen molar-refractivity contribution in [2.24, 2.45) is 0 Å². The lowest BCUT2D eigenvalue weighted by atomic mass is 9.91. The van der Waals surface area contributed by atoms with E-state index in [4.69, 9.17) is 27.9 Å². The summed E-state index contributed by atoms with van der Waals surface area (Å²) >= 11 is 12.2. The van der Waals surface area contributed by atoms with E-state index in [1.807, 2.05) is 12.1 Å². The third-order valence-electron chi connectivity index (χ3n) is 3.70. The topological polar surface area (TPSA) is 34.1 Å². The van der Waals surface area contributed by atoms with Crippen LogP contribution in [-0.2, 0) is 0 Å². The summed E-state index contributed by atoms with van der Waals surface area (Å²) < 4.78 is 5.93. The molecule has 1 aromatic carbocycles. The number of nitrogens with one attached hydrogen (secondary N) is 1. The van der Waals surface area contributed by atoms with Crippen molar-refractivity contribution in [3.63, 3.8) is 0 Å². The first kappa shape index (κ1) is 17.4. The minimum Gasteiger partial charge on any atom is -0.437 e. The maximum atomic E-state index is 6.19. The molecule has 0 bridgehead atoms. The average Bonchev–Trinajstić information content (AvgIpc) is 2.53. The Balaban J connectivity index is 0.00000176. The number of rotatable bonds is 3. The van der Waals surface area contributed by atoms with Gasteiger partial charge in [-0.05, 0) is 50.0 Å². The van der Waals surface area contributed by atoms with Crippen molar-refractivity contribution in [1.82, 2.24) is 10.3 Å². The van der Waals surface area contributed by atoms with Crippen LogP contribution in [0.4, 0.5) is 0 Å². The van der Waals surface area contributed by atoms with Crippen molar-refractivity contribution in [2.75, 3.05) is 13.1 Å². The van der Waals surface area contributed by atoms with Gasteiger partial charge in [0.15, 0.2) is 0 Å². The van der Waals surface area contributed by atoms with Gasteiger partial charge in [0.25, 0.3) is 0 Å². The molecule has 3 nitrogen and oxygen atoms in total. The molecule has 6 heteroatoms. The molecule has 0 saturated carbocycles. The molecule has 1 N–H and O–H groups in total. The molecule has 2 aromatic rings. The van der Waals surface area contributed by atoms with E-state index in [1.54, 1.807) is 18.3 Å². The average molecular weight is 360 g/mol. The summed E-state index contributed by atoms with van der Waals surface area (Å²) in [6.07, 6.45) is 3.91. The SMILES string of the molecule is Cl.Clc1cccc(Oc2ncccc2C2CCNCC2)c1Cl. The number of nitrogens with zero attached hydrogens (tertiary/aromatic N) is 1. The Morgan fingerprint density at radius 1 is 1.09 bits per heavy atom. The molecule has 1 aromatic heterocycles. The number of halogens is 3. The van der Waals surface area contributed by atoms with Gasteiger partial charge in [-0.25, -0.2) is 4.98 Å². The van der Waals surface area contributed by atoms with Crippen LogP contribution >= 0.6 is 35.6 Å². The second-order valence-electron chi connectivity index (χ2n) is 5.08. The number of pyridine rings is 1. The predicted octanol–water partition coefficient (Wildman–Crippen LogP) is 5.07. The lowest BCUT2D eigenvalue weighted by molar-refractivity contribution is 0.419. The van der Waals surface area contributed by atoms with Gasteiger partial charge in [-0.15, -0.1) is 12.4 Å². The molecule has 22 heavy (non-hydrogen) atoms. The van der Waals surface area contributed by atoms with Crippen LogP contribution in [0.15, 0.2) is 36.5 Å². The lowest BCUT2D eigenvalue weighted by Crippen LogP contribution is -2.26. The molecule has 1 fully saturated rings. The van der Waals surface area contributed by atoms with Crippen molar-refractivity contribution in [3.8, 4) is 11.6 Å². The van der Waals surface area contributed by atoms with Crippen LogP contribution in [0, 0.1) is 0 Å². The predicted molar refractivity (Wildman–Crippen MR) is 92.9 cm³/mol. The molecule has 0 atom stereocenters. The fraction of sp³-hybridized carbons (Fsp3) is 0.312. The molecule has 1 aliphatic rings. The fourth-order valence-electron chi connectivity index (χ4n) is 2.60. The molecule has 1 aliphatic heterocycles. The quantitative estimate of drug-likeness (QED) is 0.831. The van der Waals surface area contributed by atoms with Gasteiger partial charge in [0.05, 0.1) is 5.02 Å². The van der Waals surface area contributed by atoms with Crippen molar-refractivity contribution in [3.05, 3.63) is 52.1 Å². The van der Waals surface area contributed by atoms with Gasteiger partial charge in [-0.2, -0.15) is 0 Å². The highest BCUT2D eigenvalue weighted by Crippen LogP contribution is 2.37. The normalized spacial score (nSPS) is 15.2. The van der Waals surface area contributed by atoms with Crippen LogP contribution in [0.1, 0.15) is 24.3 Å². The van der Waals surface area contributed by atoms with Gasteiger partial charge < -0.3 is 10.1 Å². The number of hydrogen-bond acceptors (Lipinski definition) is 3. The lowest BCUT2D eigenvalue weighted by Gasteiger charge is -2.24. The summed E-state index contributed by atoms with van der Waals surface area (Å²) in [6, 6.07) is 9.38. The standard InChI is InChI=1S/C16H16Cl2N2O.ClH/c17-13-4-1-5-14(15(13)18)21-16-12(3-2-8-20-16)11-6-9-19-10-7-11;/h1-5,8,11,19H,6-7,9-10H2;1H. The number of hydrogen-bond donors (Lipinski definition) is 1. The first-order valence-corrected chi connectivity index (χ1v) is 7.79. The number of benzene rings is 1. The number of piperidine rings is 1. The molecule has 0 aliphatic carbocycles. The molecular weight excluding hydrogens is 343 g/mol. The largest absolute Gasteiger partial charge is 0.437 e. The molecule has 118 valence electrons. The Morgan fingerprint density at radius 2 is 1.86 bits per heavy atom. The Hall–Kier alpha value is -1.00. The van der Waals surface area contributed by atoms with E-state index in [-0.39, 0.29) is 12.4 Å². The Kier molecular flexibility index (Phi) is 6.33. The van der Waals surface area contributed by atoms with Crippen LogP contribution in [0.3, 0.4) is 0 Å². The summed E-state index contributed by atoms with van der Waals surface area (Å²) in [4.78, 5) is 4.38. The monoisotopic (exact) mass is 358 g/mol. The molecule has 1 saturated heterocycles. The Morgan fingerprint density at radius 3 is 2.64 bits per heavy atom. The van der Waals surface area contributed by atoms with E-state index in [0.717, 1.165) is 31.5 Å². The fourth-order valence-corrected chi connectivity index (χ4v) is 2.93. The van der Waals surface area contributed by atoms with Gasteiger partial charge in [0, 0.05) is 11.8 Å². The van der Waals surface area contributed by atoms with E-state index < -0.39 is 0 Å². The zero-order valence-corrected chi connectivity index (χ0v) is 14.2. The minimum atomic E-state index is 0.